The molecule has 0 radical (unpaired) electrons. The maximum atomic E-state index is 3.77. The first-order valence-corrected chi connectivity index (χ1v) is 2.58. The number of azo groups is 2. The van der Waals surface area contributed by atoms with Crippen LogP contribution in [0.4, 0.5) is 0 Å². The Morgan fingerprint density at radius 3 is 1.55 bits per heavy atom. The summed E-state index contributed by atoms with van der Waals surface area (Å²) in [6.07, 6.45) is 2.68. The van der Waals surface area contributed by atoms with Gasteiger partial charge in [-0.1, -0.05) is 0 Å². The second kappa shape index (κ2) is 3.34. The van der Waals surface area contributed by atoms with Crippen LogP contribution in [-0.4, -0.2) is 12.7 Å². The molecule has 50 valence electrons. The summed E-state index contributed by atoms with van der Waals surface area (Å²) in [5.74, 6) is 0.829. The number of hydrogen-bond donors (Lipinski definition) is 0. The number of aliphatic imine (C=N–C) groups is 2. The quantitative estimate of drug-likeness (QED) is 0.524. The predicted molar refractivity (Wildman–Crippen MR) is 33.7 cm³/mol. The molecule has 7 heteroatoms. The van der Waals surface area contributed by atoms with Crippen molar-refractivity contribution in [1.82, 2.24) is 0 Å². The Balaban J connectivity index is 0.000000605. The molecule has 0 saturated carbocycles. The zero-order chi connectivity index (χ0) is 6.81. The van der Waals surface area contributed by atoms with Crippen molar-refractivity contribution in [3.8, 4) is 0 Å². The molecular formula is C4H2N6Zn. The van der Waals surface area contributed by atoms with Crippen LogP contribution in [0.3, 0.4) is 0 Å². The molecule has 0 amide bonds. The fourth-order valence-electron chi connectivity index (χ4n) is 0.579. The van der Waals surface area contributed by atoms with E-state index in [1.165, 1.54) is 12.7 Å². The minimum absolute atomic E-state index is 0. The van der Waals surface area contributed by atoms with Crippen LogP contribution in [0, 0.1) is 0 Å². The Bertz CT molecular complexity index is 240. The van der Waals surface area contributed by atoms with Crippen LogP contribution in [0.15, 0.2) is 42.1 Å². The van der Waals surface area contributed by atoms with Crippen LogP contribution in [0.1, 0.15) is 0 Å². The Labute approximate surface area is 74.7 Å². The van der Waals surface area contributed by atoms with E-state index in [1.54, 1.807) is 0 Å². The van der Waals surface area contributed by atoms with Crippen LogP contribution in [0.25, 0.3) is 0 Å². The first-order chi connectivity index (χ1) is 4.97. The van der Waals surface area contributed by atoms with Gasteiger partial charge in [0.15, 0.2) is 0 Å². The van der Waals surface area contributed by atoms with Crippen molar-refractivity contribution < 1.29 is 19.5 Å². The van der Waals surface area contributed by atoms with E-state index in [0.717, 1.165) is 0 Å². The fourth-order valence-corrected chi connectivity index (χ4v) is 0.579. The molecule has 0 aromatic carbocycles. The van der Waals surface area contributed by atoms with Gasteiger partial charge in [-0.3, -0.25) is 0 Å². The smallest absolute Gasteiger partial charge is 0.210 e. The fraction of sp³-hybridized carbons (Fsp3) is 0. The summed E-state index contributed by atoms with van der Waals surface area (Å²) in [4.78, 5) is 7.54. The molecule has 0 unspecified atom stereocenters. The zero-order valence-electron chi connectivity index (χ0n) is 5.55. The van der Waals surface area contributed by atoms with Gasteiger partial charge in [0, 0.05) is 19.5 Å². The molecule has 11 heavy (non-hydrogen) atoms. The molecule has 0 saturated heterocycles. The third-order valence-corrected chi connectivity index (χ3v) is 0.968. The molecule has 0 aliphatic carbocycles. The van der Waals surface area contributed by atoms with Gasteiger partial charge in [0.05, 0.1) is 0 Å². The summed E-state index contributed by atoms with van der Waals surface area (Å²) in [7, 11) is 0. The van der Waals surface area contributed by atoms with Crippen LogP contribution < -0.4 is 0 Å². The van der Waals surface area contributed by atoms with Gasteiger partial charge in [-0.05, 0) is 0 Å². The van der Waals surface area contributed by atoms with Gasteiger partial charge in [0.1, 0.15) is 12.7 Å². The average Bonchev–Trinajstić information content (AvgIpc) is 2.59. The summed E-state index contributed by atoms with van der Waals surface area (Å²) in [5, 5.41) is 14.3. The monoisotopic (exact) mass is 198 g/mol. The van der Waals surface area contributed by atoms with Gasteiger partial charge >= 0.3 is 0 Å². The maximum Gasteiger partial charge on any atom is 0.223 e. The molecule has 6 nitrogen and oxygen atoms in total. The van der Waals surface area contributed by atoms with E-state index in [9.17, 15) is 0 Å². The van der Waals surface area contributed by atoms with E-state index >= 15 is 0 Å². The summed E-state index contributed by atoms with van der Waals surface area (Å²) < 4.78 is 0. The molecule has 0 aromatic heterocycles. The Kier molecular flexibility index (Phi) is 2.43. The molecule has 0 N–H and O–H groups in total. The largest absolute Gasteiger partial charge is 0.223 e. The minimum atomic E-state index is 0. The van der Waals surface area contributed by atoms with E-state index in [4.69, 9.17) is 0 Å². The van der Waals surface area contributed by atoms with Crippen LogP contribution in [-0.2, 0) is 19.5 Å². The molecule has 2 aliphatic rings. The second-order valence-corrected chi connectivity index (χ2v) is 1.57. The zero-order valence-corrected chi connectivity index (χ0v) is 8.51. The predicted octanol–water partition coefficient (Wildman–Crippen LogP) is 1.10. The number of nitrogens with zero attached hydrogens (tertiary/aromatic N) is 6. The van der Waals surface area contributed by atoms with E-state index in [2.05, 4.69) is 30.4 Å². The van der Waals surface area contributed by atoms with Crippen molar-refractivity contribution in [3.05, 3.63) is 11.6 Å². The molecule has 0 aromatic rings. The van der Waals surface area contributed by atoms with E-state index < -0.39 is 0 Å². The Morgan fingerprint density at radius 1 is 0.818 bits per heavy atom. The Hall–Kier alpha value is -1.10. The molecule has 0 spiro atoms. The second-order valence-electron chi connectivity index (χ2n) is 1.57. The Morgan fingerprint density at radius 2 is 1.27 bits per heavy atom. The molecule has 2 aliphatic heterocycles. The molecule has 0 atom stereocenters. The topological polar surface area (TPSA) is 74.2 Å². The summed E-state index contributed by atoms with van der Waals surface area (Å²) in [5.41, 5.74) is 0. The summed E-state index contributed by atoms with van der Waals surface area (Å²) in [6.45, 7) is 0. The SMILES string of the molecule is C1=NC(=C2N=CN=N2)N=N1.[Zn]. The third-order valence-electron chi connectivity index (χ3n) is 0.968. The van der Waals surface area contributed by atoms with E-state index in [1.807, 2.05) is 0 Å². The van der Waals surface area contributed by atoms with Gasteiger partial charge in [-0.15, -0.1) is 20.5 Å². The van der Waals surface area contributed by atoms with Gasteiger partial charge in [0.25, 0.3) is 0 Å². The first kappa shape index (κ1) is 8.00. The van der Waals surface area contributed by atoms with Crippen LogP contribution in [0.5, 0.6) is 0 Å². The van der Waals surface area contributed by atoms with Crippen molar-refractivity contribution in [1.29, 1.82) is 0 Å². The van der Waals surface area contributed by atoms with E-state index in [0.29, 0.717) is 11.6 Å². The molecular weight excluding hydrogens is 197 g/mol. The average molecular weight is 199 g/mol. The molecule has 2 rings (SSSR count). The van der Waals surface area contributed by atoms with Crippen molar-refractivity contribution in [2.75, 3.05) is 0 Å². The summed E-state index contributed by atoms with van der Waals surface area (Å²) >= 11 is 0. The van der Waals surface area contributed by atoms with Crippen molar-refractivity contribution in [2.24, 2.45) is 30.4 Å². The first-order valence-electron chi connectivity index (χ1n) is 2.58. The normalized spacial score (nSPS) is 24.7. The van der Waals surface area contributed by atoms with Crippen LogP contribution in [0.2, 0.25) is 0 Å². The van der Waals surface area contributed by atoms with Gasteiger partial charge < -0.3 is 0 Å². The standard InChI is InChI=1S/C4H2N6.Zn/c1-5-3(9-7-1)4-6-2-8-10-4;/h1-2H;. The maximum absolute atomic E-state index is 3.77. The van der Waals surface area contributed by atoms with Crippen molar-refractivity contribution in [2.45, 2.75) is 0 Å². The minimum Gasteiger partial charge on any atom is -0.210 e. The molecule has 0 bridgehead atoms. The summed E-state index contributed by atoms with van der Waals surface area (Å²) in [6, 6.07) is 0. The molecule has 0 fully saturated rings. The number of rotatable bonds is 0. The van der Waals surface area contributed by atoms with Gasteiger partial charge in [0.2, 0.25) is 11.6 Å². The van der Waals surface area contributed by atoms with Gasteiger partial charge in [-0.2, -0.15) is 0 Å². The third kappa shape index (κ3) is 1.49. The number of hydrogen-bond acceptors (Lipinski definition) is 6. The van der Waals surface area contributed by atoms with Crippen LogP contribution >= 0.6 is 0 Å². The van der Waals surface area contributed by atoms with Crippen molar-refractivity contribution in [3.63, 3.8) is 0 Å². The van der Waals surface area contributed by atoms with Gasteiger partial charge in [-0.25, -0.2) is 9.98 Å². The molecule has 2 heterocycles. The van der Waals surface area contributed by atoms with Crippen molar-refractivity contribution >= 4 is 12.7 Å². The van der Waals surface area contributed by atoms with E-state index in [-0.39, 0.29) is 19.5 Å².